The molecule has 3 aromatic rings. The van der Waals surface area contributed by atoms with Crippen molar-refractivity contribution < 1.29 is 17.6 Å². The Morgan fingerprint density at radius 3 is 2.90 bits per heavy atom. The van der Waals surface area contributed by atoms with Gasteiger partial charge in [-0.25, -0.2) is 13.4 Å². The summed E-state index contributed by atoms with van der Waals surface area (Å²) in [5, 5.41) is 3.66. The smallest absolute Gasteiger partial charge is 0.276 e. The second-order valence-corrected chi connectivity index (χ2v) is 7.55. The number of rotatable bonds is 5. The first-order chi connectivity index (χ1) is 10.1. The molecule has 0 aliphatic rings. The molecule has 0 saturated carbocycles. The van der Waals surface area contributed by atoms with Crippen LogP contribution in [0, 0.1) is 0 Å². The van der Waals surface area contributed by atoms with Crippen molar-refractivity contribution in [3.63, 3.8) is 0 Å². The molecule has 0 aromatic carbocycles. The highest BCUT2D eigenvalue weighted by atomic mass is 32.2. The second-order valence-electron chi connectivity index (χ2n) is 3.90. The number of furan rings is 1. The minimum Gasteiger partial charge on any atom is -0.494 e. The van der Waals surface area contributed by atoms with Crippen LogP contribution in [0.15, 0.2) is 43.8 Å². The number of nitrogens with one attached hydrogen (secondary N) is 1. The van der Waals surface area contributed by atoms with Crippen LogP contribution in [0.4, 0.5) is 5.13 Å². The third-order valence-electron chi connectivity index (χ3n) is 2.56. The van der Waals surface area contributed by atoms with E-state index in [2.05, 4.69) is 9.71 Å². The minimum atomic E-state index is -3.71. The Balaban J connectivity index is 1.86. The zero-order chi connectivity index (χ0) is 14.9. The number of anilines is 1. The Morgan fingerprint density at radius 1 is 1.33 bits per heavy atom. The van der Waals surface area contributed by atoms with Gasteiger partial charge in [-0.1, -0.05) is 0 Å². The standard InChI is InChI=1S/C12H10N2O4S3/c1-17-10-4-6-19-11(10)21(15,16)14-12-13-8(7-20-12)9-3-2-5-18-9/h2-7H,1H3,(H,13,14). The van der Waals surface area contributed by atoms with Crippen LogP contribution < -0.4 is 9.46 Å². The van der Waals surface area contributed by atoms with Crippen LogP contribution in [0.1, 0.15) is 0 Å². The molecule has 0 radical (unpaired) electrons. The highest BCUT2D eigenvalue weighted by Crippen LogP contribution is 2.32. The molecule has 0 amide bonds. The Hall–Kier alpha value is -1.84. The molecule has 3 heterocycles. The zero-order valence-corrected chi connectivity index (χ0v) is 13.2. The van der Waals surface area contributed by atoms with Crippen LogP contribution in [0.3, 0.4) is 0 Å². The first-order valence-electron chi connectivity index (χ1n) is 5.74. The molecule has 3 rings (SSSR count). The first kappa shape index (κ1) is 14.1. The highest BCUT2D eigenvalue weighted by Gasteiger charge is 2.22. The molecule has 1 N–H and O–H groups in total. The average molecular weight is 342 g/mol. The van der Waals surface area contributed by atoms with Crippen molar-refractivity contribution in [3.8, 4) is 17.2 Å². The lowest BCUT2D eigenvalue weighted by molar-refractivity contribution is 0.406. The van der Waals surface area contributed by atoms with Crippen molar-refractivity contribution in [2.24, 2.45) is 0 Å². The summed E-state index contributed by atoms with van der Waals surface area (Å²) in [6, 6.07) is 5.11. The molecule has 3 aromatic heterocycles. The molecule has 110 valence electrons. The van der Waals surface area contributed by atoms with Crippen molar-refractivity contribution in [1.29, 1.82) is 0 Å². The van der Waals surface area contributed by atoms with E-state index in [4.69, 9.17) is 9.15 Å². The maximum absolute atomic E-state index is 12.3. The van der Waals surface area contributed by atoms with Crippen LogP contribution >= 0.6 is 22.7 Å². The quantitative estimate of drug-likeness (QED) is 0.769. The fraction of sp³-hybridized carbons (Fsp3) is 0.0833. The molecule has 0 bridgehead atoms. The molecular weight excluding hydrogens is 332 g/mol. The molecule has 6 nitrogen and oxygen atoms in total. The van der Waals surface area contributed by atoms with E-state index in [0.717, 1.165) is 11.3 Å². The van der Waals surface area contributed by atoms with Crippen LogP contribution in [0.25, 0.3) is 11.5 Å². The van der Waals surface area contributed by atoms with Crippen LogP contribution in [0.2, 0.25) is 0 Å². The lowest BCUT2D eigenvalue weighted by Crippen LogP contribution is -2.12. The van der Waals surface area contributed by atoms with E-state index >= 15 is 0 Å². The van der Waals surface area contributed by atoms with Crippen LogP contribution in [-0.4, -0.2) is 20.5 Å². The van der Waals surface area contributed by atoms with Crippen molar-refractivity contribution in [2.75, 3.05) is 11.8 Å². The monoisotopic (exact) mass is 342 g/mol. The van der Waals surface area contributed by atoms with Gasteiger partial charge >= 0.3 is 0 Å². The van der Waals surface area contributed by atoms with Crippen LogP contribution in [-0.2, 0) is 10.0 Å². The summed E-state index contributed by atoms with van der Waals surface area (Å²) in [7, 11) is -2.28. The number of thiophene rings is 1. The number of hydrogen-bond acceptors (Lipinski definition) is 7. The van der Waals surface area contributed by atoms with E-state index in [1.54, 1.807) is 29.0 Å². The summed E-state index contributed by atoms with van der Waals surface area (Å²) < 4.78 is 37.4. The molecule has 0 atom stereocenters. The fourth-order valence-electron chi connectivity index (χ4n) is 1.65. The Morgan fingerprint density at radius 2 is 2.19 bits per heavy atom. The third kappa shape index (κ3) is 2.80. The number of aromatic nitrogens is 1. The van der Waals surface area contributed by atoms with Gasteiger partial charge in [0.2, 0.25) is 0 Å². The highest BCUT2D eigenvalue weighted by molar-refractivity contribution is 7.95. The van der Waals surface area contributed by atoms with Gasteiger partial charge < -0.3 is 9.15 Å². The van der Waals surface area contributed by atoms with Crippen LogP contribution in [0.5, 0.6) is 5.75 Å². The summed E-state index contributed by atoms with van der Waals surface area (Å²) >= 11 is 2.28. The van der Waals surface area contributed by atoms with E-state index in [-0.39, 0.29) is 9.34 Å². The van der Waals surface area contributed by atoms with Gasteiger partial charge in [0.1, 0.15) is 11.4 Å². The van der Waals surface area contributed by atoms with Crippen molar-refractivity contribution in [1.82, 2.24) is 4.98 Å². The lowest BCUT2D eigenvalue weighted by Gasteiger charge is -2.04. The average Bonchev–Trinajstić information content (AvgIpc) is 3.19. The molecule has 0 aliphatic carbocycles. The molecule has 21 heavy (non-hydrogen) atoms. The van der Waals surface area contributed by atoms with E-state index < -0.39 is 10.0 Å². The molecule has 0 unspecified atom stereocenters. The Labute approximate surface area is 129 Å². The summed E-state index contributed by atoms with van der Waals surface area (Å²) in [6.45, 7) is 0. The van der Waals surface area contributed by atoms with Gasteiger partial charge in [-0.3, -0.25) is 4.72 Å². The summed E-state index contributed by atoms with van der Waals surface area (Å²) in [6.07, 6.45) is 1.54. The number of nitrogens with zero attached hydrogens (tertiary/aromatic N) is 1. The molecular formula is C12H10N2O4S3. The van der Waals surface area contributed by atoms with Crippen molar-refractivity contribution in [3.05, 3.63) is 35.2 Å². The van der Waals surface area contributed by atoms with E-state index in [1.165, 1.54) is 24.7 Å². The molecule has 0 saturated heterocycles. The first-order valence-corrected chi connectivity index (χ1v) is 8.98. The maximum Gasteiger partial charge on any atom is 0.276 e. The minimum absolute atomic E-state index is 0.125. The van der Waals surface area contributed by atoms with Crippen molar-refractivity contribution >= 4 is 37.8 Å². The van der Waals surface area contributed by atoms with Gasteiger partial charge in [-0.2, -0.15) is 0 Å². The SMILES string of the molecule is COc1ccsc1S(=O)(=O)Nc1nc(-c2ccco2)cs1. The third-order valence-corrected chi connectivity index (χ3v) is 6.23. The zero-order valence-electron chi connectivity index (χ0n) is 10.8. The second kappa shape index (κ2) is 5.51. The van der Waals surface area contributed by atoms with Gasteiger partial charge in [0.05, 0.1) is 13.4 Å². The Kier molecular flexibility index (Phi) is 3.70. The number of methoxy groups -OCH3 is 1. The Bertz CT molecular complexity index is 834. The topological polar surface area (TPSA) is 81.4 Å². The van der Waals surface area contributed by atoms with Crippen molar-refractivity contribution in [2.45, 2.75) is 4.21 Å². The number of hydrogen-bond donors (Lipinski definition) is 1. The van der Waals surface area contributed by atoms with Gasteiger partial charge in [0, 0.05) is 5.38 Å². The van der Waals surface area contributed by atoms with Gasteiger partial charge in [-0.05, 0) is 23.6 Å². The molecule has 0 spiro atoms. The fourth-order valence-corrected chi connectivity index (χ4v) is 4.88. The van der Waals surface area contributed by atoms with E-state index in [0.29, 0.717) is 17.2 Å². The molecule has 0 fully saturated rings. The predicted octanol–water partition coefficient (Wildman–Crippen LogP) is 3.27. The maximum atomic E-state index is 12.3. The van der Waals surface area contributed by atoms with Gasteiger partial charge in [-0.15, -0.1) is 22.7 Å². The number of ether oxygens (including phenoxy) is 1. The van der Waals surface area contributed by atoms with Gasteiger partial charge in [0.15, 0.2) is 15.1 Å². The predicted molar refractivity (Wildman–Crippen MR) is 81.5 cm³/mol. The lowest BCUT2D eigenvalue weighted by atomic mass is 10.4. The summed E-state index contributed by atoms with van der Waals surface area (Å²) in [4.78, 5) is 4.20. The molecule has 9 heteroatoms. The van der Waals surface area contributed by atoms with E-state index in [9.17, 15) is 8.42 Å². The molecule has 0 aliphatic heterocycles. The number of thiazole rings is 1. The summed E-state index contributed by atoms with van der Waals surface area (Å²) in [5.74, 6) is 0.903. The summed E-state index contributed by atoms with van der Waals surface area (Å²) in [5.41, 5.74) is 0.584. The van der Waals surface area contributed by atoms with Gasteiger partial charge in [0.25, 0.3) is 10.0 Å². The van der Waals surface area contributed by atoms with E-state index in [1.807, 2.05) is 0 Å². The number of sulfonamides is 1. The normalized spacial score (nSPS) is 11.5. The largest absolute Gasteiger partial charge is 0.494 e.